The minimum absolute atomic E-state index is 0.208. The fourth-order valence-electron chi connectivity index (χ4n) is 1.22. The minimum atomic E-state index is -0.481. The molecule has 5 heteroatoms. The Bertz CT molecular complexity index is 454. The summed E-state index contributed by atoms with van der Waals surface area (Å²) in [5.74, 6) is -0.273. The lowest BCUT2D eigenvalue weighted by molar-refractivity contribution is 0.0522. The summed E-state index contributed by atoms with van der Waals surface area (Å²) in [5.41, 5.74) is 1.31. The first-order valence-corrected chi connectivity index (χ1v) is 5.61. The van der Waals surface area contributed by atoms with Crippen molar-refractivity contribution in [3.05, 3.63) is 28.8 Å². The van der Waals surface area contributed by atoms with Crippen molar-refractivity contribution in [1.29, 1.82) is 5.26 Å². The molecule has 0 aliphatic carbocycles. The number of thiol groups is 1. The highest BCUT2D eigenvalue weighted by atomic mass is 35.5. The van der Waals surface area contributed by atoms with Crippen LogP contribution in [0.15, 0.2) is 17.0 Å². The quantitative estimate of drug-likeness (QED) is 0.513. The molecule has 0 heterocycles. The van der Waals surface area contributed by atoms with Gasteiger partial charge in [0, 0.05) is 10.8 Å². The van der Waals surface area contributed by atoms with Crippen LogP contribution in [0.25, 0.3) is 0 Å². The largest absolute Gasteiger partial charge is 0.462 e. The van der Waals surface area contributed by atoms with E-state index in [2.05, 4.69) is 12.6 Å². The number of nitriles is 1. The van der Waals surface area contributed by atoms with Crippen molar-refractivity contribution >= 4 is 30.2 Å². The average Bonchev–Trinajstić information content (AvgIpc) is 2.28. The van der Waals surface area contributed by atoms with E-state index >= 15 is 0 Å². The number of rotatable bonds is 3. The maximum atomic E-state index is 11.5. The zero-order valence-corrected chi connectivity index (χ0v) is 10.3. The van der Waals surface area contributed by atoms with Crippen LogP contribution in [-0.2, 0) is 10.6 Å². The summed E-state index contributed by atoms with van der Waals surface area (Å²) in [4.78, 5) is 12.0. The van der Waals surface area contributed by atoms with Gasteiger partial charge >= 0.3 is 5.97 Å². The van der Waals surface area contributed by atoms with Gasteiger partial charge in [-0.1, -0.05) is 0 Å². The topological polar surface area (TPSA) is 50.1 Å². The summed E-state index contributed by atoms with van der Waals surface area (Å²) in [7, 11) is 0. The first-order valence-electron chi connectivity index (χ1n) is 4.63. The van der Waals surface area contributed by atoms with Gasteiger partial charge in [0.25, 0.3) is 0 Å². The van der Waals surface area contributed by atoms with E-state index < -0.39 is 5.97 Å². The lowest BCUT2D eigenvalue weighted by Crippen LogP contribution is -2.07. The van der Waals surface area contributed by atoms with Crippen molar-refractivity contribution in [2.75, 3.05) is 6.61 Å². The number of nitrogens with zero attached hydrogens (tertiary/aromatic N) is 1. The van der Waals surface area contributed by atoms with Gasteiger partial charge in [0.1, 0.15) is 0 Å². The minimum Gasteiger partial charge on any atom is -0.462 e. The number of carbonyl (C=O) groups is 1. The Morgan fingerprint density at radius 3 is 2.81 bits per heavy atom. The Morgan fingerprint density at radius 2 is 2.31 bits per heavy atom. The van der Waals surface area contributed by atoms with E-state index in [1.165, 1.54) is 6.07 Å². The number of benzene rings is 1. The Labute approximate surface area is 104 Å². The van der Waals surface area contributed by atoms with Crippen molar-refractivity contribution in [1.82, 2.24) is 0 Å². The molecular weight excluding hydrogens is 246 g/mol. The lowest BCUT2D eigenvalue weighted by atomic mass is 10.1. The zero-order valence-electron chi connectivity index (χ0n) is 8.66. The van der Waals surface area contributed by atoms with Crippen LogP contribution in [-0.4, -0.2) is 12.6 Å². The molecule has 1 aromatic rings. The Kier molecular flexibility index (Phi) is 4.66. The molecule has 16 heavy (non-hydrogen) atoms. The number of halogens is 1. The van der Waals surface area contributed by atoms with Gasteiger partial charge in [0.15, 0.2) is 0 Å². The molecule has 0 aromatic heterocycles. The Hall–Kier alpha value is -1.18. The van der Waals surface area contributed by atoms with Gasteiger partial charge in [0.2, 0.25) is 0 Å². The van der Waals surface area contributed by atoms with Gasteiger partial charge in [0.05, 0.1) is 23.8 Å². The molecule has 1 aromatic carbocycles. The molecule has 0 aliphatic heterocycles. The SMILES string of the molecule is CCOC(=O)c1cc(C#N)c(CCl)cc1S. The first-order chi connectivity index (χ1) is 7.63. The summed E-state index contributed by atoms with van der Waals surface area (Å²) in [5, 5.41) is 8.89. The fourth-order valence-corrected chi connectivity index (χ4v) is 1.75. The van der Waals surface area contributed by atoms with E-state index in [-0.39, 0.29) is 18.1 Å². The third kappa shape index (κ3) is 2.69. The maximum absolute atomic E-state index is 11.5. The van der Waals surface area contributed by atoms with E-state index in [4.69, 9.17) is 21.6 Å². The summed E-state index contributed by atoms with van der Waals surface area (Å²) in [6, 6.07) is 5.05. The van der Waals surface area contributed by atoms with E-state index in [0.717, 1.165) is 0 Å². The van der Waals surface area contributed by atoms with Gasteiger partial charge in [-0.3, -0.25) is 0 Å². The highest BCUT2D eigenvalue weighted by Crippen LogP contribution is 2.22. The third-order valence-electron chi connectivity index (χ3n) is 1.98. The van der Waals surface area contributed by atoms with Crippen LogP contribution in [0.4, 0.5) is 0 Å². The number of alkyl halides is 1. The van der Waals surface area contributed by atoms with Crippen LogP contribution in [0.2, 0.25) is 0 Å². The van der Waals surface area contributed by atoms with Crippen LogP contribution in [0.3, 0.4) is 0 Å². The van der Waals surface area contributed by atoms with Crippen molar-refractivity contribution < 1.29 is 9.53 Å². The monoisotopic (exact) mass is 255 g/mol. The molecule has 0 atom stereocenters. The van der Waals surface area contributed by atoms with Crippen LogP contribution in [0.1, 0.15) is 28.4 Å². The molecule has 0 bridgehead atoms. The van der Waals surface area contributed by atoms with Crippen LogP contribution in [0.5, 0.6) is 0 Å². The van der Waals surface area contributed by atoms with E-state index in [1.54, 1.807) is 13.0 Å². The number of esters is 1. The van der Waals surface area contributed by atoms with Crippen molar-refractivity contribution in [3.8, 4) is 6.07 Å². The number of ether oxygens (including phenoxy) is 1. The van der Waals surface area contributed by atoms with E-state index in [0.29, 0.717) is 16.0 Å². The predicted molar refractivity (Wildman–Crippen MR) is 63.9 cm³/mol. The smallest absolute Gasteiger partial charge is 0.339 e. The summed E-state index contributed by atoms with van der Waals surface area (Å²) >= 11 is 9.85. The number of hydrogen-bond donors (Lipinski definition) is 1. The van der Waals surface area contributed by atoms with Gasteiger partial charge < -0.3 is 4.74 Å². The lowest BCUT2D eigenvalue weighted by Gasteiger charge is -2.07. The molecule has 0 saturated heterocycles. The molecule has 0 saturated carbocycles. The normalized spacial score (nSPS) is 9.62. The second-order valence-electron chi connectivity index (χ2n) is 2.99. The predicted octanol–water partition coefficient (Wildman–Crippen LogP) is 2.76. The summed E-state index contributed by atoms with van der Waals surface area (Å²) in [6.07, 6.45) is 0. The molecule has 0 unspecified atom stereocenters. The van der Waals surface area contributed by atoms with Gasteiger partial charge in [-0.05, 0) is 24.6 Å². The standard InChI is InChI=1S/C11H10ClNO2S/c1-2-15-11(14)9-3-8(6-13)7(5-12)4-10(9)16/h3-4,16H,2,5H2,1H3. The van der Waals surface area contributed by atoms with Crippen LogP contribution < -0.4 is 0 Å². The molecule has 0 aliphatic rings. The second-order valence-corrected chi connectivity index (χ2v) is 3.74. The molecule has 0 fully saturated rings. The van der Waals surface area contributed by atoms with E-state index in [9.17, 15) is 4.79 Å². The summed E-state index contributed by atoms with van der Waals surface area (Å²) in [6.45, 7) is 2.00. The second kappa shape index (κ2) is 5.78. The molecule has 0 N–H and O–H groups in total. The average molecular weight is 256 g/mol. The van der Waals surface area contributed by atoms with Crippen LogP contribution >= 0.6 is 24.2 Å². The highest BCUT2D eigenvalue weighted by Gasteiger charge is 2.14. The zero-order chi connectivity index (χ0) is 12.1. The molecule has 0 radical (unpaired) electrons. The van der Waals surface area contributed by atoms with Gasteiger partial charge in [-0.2, -0.15) is 5.26 Å². The van der Waals surface area contributed by atoms with Crippen LogP contribution in [0, 0.1) is 11.3 Å². The molecule has 84 valence electrons. The van der Waals surface area contributed by atoms with Gasteiger partial charge in [-0.25, -0.2) is 4.79 Å². The molecule has 3 nitrogen and oxygen atoms in total. The number of hydrogen-bond acceptors (Lipinski definition) is 4. The van der Waals surface area contributed by atoms with Crippen molar-refractivity contribution in [3.63, 3.8) is 0 Å². The summed E-state index contributed by atoms with van der Waals surface area (Å²) < 4.78 is 4.85. The van der Waals surface area contributed by atoms with E-state index in [1.807, 2.05) is 6.07 Å². The van der Waals surface area contributed by atoms with Crippen molar-refractivity contribution in [2.45, 2.75) is 17.7 Å². The van der Waals surface area contributed by atoms with Gasteiger partial charge in [-0.15, -0.1) is 24.2 Å². The number of carbonyl (C=O) groups excluding carboxylic acids is 1. The highest BCUT2D eigenvalue weighted by molar-refractivity contribution is 7.80. The first kappa shape index (κ1) is 12.9. The Morgan fingerprint density at radius 1 is 1.62 bits per heavy atom. The maximum Gasteiger partial charge on any atom is 0.339 e. The third-order valence-corrected chi connectivity index (χ3v) is 2.64. The molecule has 1 rings (SSSR count). The Balaban J connectivity index is 3.22. The molecule has 0 amide bonds. The molecule has 0 spiro atoms. The molecular formula is C11H10ClNO2S. The van der Waals surface area contributed by atoms with Crippen molar-refractivity contribution in [2.24, 2.45) is 0 Å². The fraction of sp³-hybridized carbons (Fsp3) is 0.273.